The van der Waals surface area contributed by atoms with E-state index in [9.17, 15) is 22.8 Å². The summed E-state index contributed by atoms with van der Waals surface area (Å²) in [4.78, 5) is 27.5. The average Bonchev–Trinajstić information content (AvgIpc) is 2.36. The van der Waals surface area contributed by atoms with Crippen molar-refractivity contribution in [1.82, 2.24) is 9.97 Å². The predicted octanol–water partition coefficient (Wildman–Crippen LogP) is 3.35. The van der Waals surface area contributed by atoms with Crippen LogP contribution in [0.5, 0.6) is 0 Å². The van der Waals surface area contributed by atoms with Gasteiger partial charge in [0.1, 0.15) is 5.69 Å². The second-order valence-electron chi connectivity index (χ2n) is 4.09. The van der Waals surface area contributed by atoms with Crippen LogP contribution in [0.3, 0.4) is 0 Å². The van der Waals surface area contributed by atoms with E-state index in [1.807, 2.05) is 0 Å². The van der Waals surface area contributed by atoms with Crippen molar-refractivity contribution in [3.05, 3.63) is 56.2 Å². The number of hydrogen-bond acceptors (Lipinski definition) is 3. The Labute approximate surface area is 131 Å². The summed E-state index contributed by atoms with van der Waals surface area (Å²) in [5, 5.41) is 2.59. The number of halogens is 5. The van der Waals surface area contributed by atoms with Gasteiger partial charge in [-0.15, -0.1) is 0 Å². The highest BCUT2D eigenvalue weighted by atomic mass is 35.5. The van der Waals surface area contributed by atoms with Gasteiger partial charge in [-0.2, -0.15) is 13.2 Å². The van der Waals surface area contributed by atoms with Gasteiger partial charge in [-0.25, -0.2) is 9.78 Å². The van der Waals surface area contributed by atoms with E-state index in [2.05, 4.69) is 10.3 Å². The van der Waals surface area contributed by atoms with Crippen LogP contribution >= 0.6 is 23.2 Å². The molecule has 0 saturated heterocycles. The molecule has 0 radical (unpaired) electrons. The maximum Gasteiger partial charge on any atom is 0.432 e. The molecular weight excluding hydrogens is 346 g/mol. The topological polar surface area (TPSA) is 74.8 Å². The first-order valence-corrected chi connectivity index (χ1v) is 6.36. The zero-order valence-corrected chi connectivity index (χ0v) is 12.0. The summed E-state index contributed by atoms with van der Waals surface area (Å²) in [6.07, 6.45) is -4.37. The zero-order chi connectivity index (χ0) is 16.5. The minimum Gasteiger partial charge on any atom is -0.322 e. The SMILES string of the molecule is O=C(Nc1cc(Cl)cc(Cl)c1)c1cnc(=O)[nH]c1C(F)(F)F. The highest BCUT2D eigenvalue weighted by Crippen LogP contribution is 2.30. The number of nitrogens with zero attached hydrogens (tertiary/aromatic N) is 1. The Morgan fingerprint density at radius 3 is 2.32 bits per heavy atom. The van der Waals surface area contributed by atoms with Crippen molar-refractivity contribution in [2.75, 3.05) is 5.32 Å². The van der Waals surface area contributed by atoms with Crippen LogP contribution in [0.15, 0.2) is 29.2 Å². The molecule has 2 N–H and O–H groups in total. The number of amides is 1. The van der Waals surface area contributed by atoms with E-state index in [4.69, 9.17) is 23.2 Å². The lowest BCUT2D eigenvalue weighted by Gasteiger charge is -2.12. The third-order valence-corrected chi connectivity index (χ3v) is 2.90. The Morgan fingerprint density at radius 2 is 1.77 bits per heavy atom. The minimum atomic E-state index is -4.92. The first-order chi connectivity index (χ1) is 10.2. The van der Waals surface area contributed by atoms with E-state index in [0.717, 1.165) is 0 Å². The molecule has 0 aliphatic carbocycles. The van der Waals surface area contributed by atoms with E-state index in [-0.39, 0.29) is 15.7 Å². The van der Waals surface area contributed by atoms with Gasteiger partial charge in [0.25, 0.3) is 5.91 Å². The predicted molar refractivity (Wildman–Crippen MR) is 74.3 cm³/mol. The lowest BCUT2D eigenvalue weighted by Crippen LogP contribution is -2.25. The van der Waals surface area contributed by atoms with Crippen LogP contribution in [0.25, 0.3) is 0 Å². The standard InChI is InChI=1S/C12H6Cl2F3N3O2/c13-5-1-6(14)3-7(2-5)19-10(21)8-4-18-11(22)20-9(8)12(15,16)17/h1-4H,(H,19,21)(H,18,20,22). The maximum absolute atomic E-state index is 12.8. The molecule has 22 heavy (non-hydrogen) atoms. The number of carbonyl (C=O) groups excluding carboxylic acids is 1. The van der Waals surface area contributed by atoms with Gasteiger partial charge >= 0.3 is 11.9 Å². The third kappa shape index (κ3) is 3.77. The van der Waals surface area contributed by atoms with Crippen molar-refractivity contribution in [1.29, 1.82) is 0 Å². The number of benzene rings is 1. The van der Waals surface area contributed by atoms with E-state index >= 15 is 0 Å². The molecule has 10 heteroatoms. The van der Waals surface area contributed by atoms with Crippen molar-refractivity contribution in [3.8, 4) is 0 Å². The van der Waals surface area contributed by atoms with Crippen LogP contribution in [0.2, 0.25) is 10.0 Å². The van der Waals surface area contributed by atoms with Crippen molar-refractivity contribution in [3.63, 3.8) is 0 Å². The second-order valence-corrected chi connectivity index (χ2v) is 4.96. The van der Waals surface area contributed by atoms with E-state index < -0.39 is 29.0 Å². The molecule has 0 bridgehead atoms. The number of anilines is 1. The van der Waals surface area contributed by atoms with Gasteiger partial charge in [0.15, 0.2) is 0 Å². The molecule has 5 nitrogen and oxygen atoms in total. The van der Waals surface area contributed by atoms with Crippen LogP contribution in [-0.4, -0.2) is 15.9 Å². The quantitative estimate of drug-likeness (QED) is 0.871. The Morgan fingerprint density at radius 1 is 1.18 bits per heavy atom. The van der Waals surface area contributed by atoms with Gasteiger partial charge < -0.3 is 10.3 Å². The number of rotatable bonds is 2. The van der Waals surface area contributed by atoms with Crippen molar-refractivity contribution < 1.29 is 18.0 Å². The molecule has 0 unspecified atom stereocenters. The largest absolute Gasteiger partial charge is 0.432 e. The monoisotopic (exact) mass is 351 g/mol. The minimum absolute atomic E-state index is 0.0989. The summed E-state index contributed by atoms with van der Waals surface area (Å²) in [5.41, 5.74) is -3.43. The maximum atomic E-state index is 12.8. The first-order valence-electron chi connectivity index (χ1n) is 5.61. The van der Waals surface area contributed by atoms with Crippen LogP contribution < -0.4 is 11.0 Å². The normalized spacial score (nSPS) is 11.3. The van der Waals surface area contributed by atoms with Crippen LogP contribution in [-0.2, 0) is 6.18 Å². The molecular formula is C12H6Cl2F3N3O2. The molecule has 0 fully saturated rings. The molecule has 2 aromatic rings. The van der Waals surface area contributed by atoms with Gasteiger partial charge in [0, 0.05) is 21.9 Å². The lowest BCUT2D eigenvalue weighted by molar-refractivity contribution is -0.141. The van der Waals surface area contributed by atoms with Crippen LogP contribution in [0.4, 0.5) is 18.9 Å². The molecule has 0 aliphatic rings. The third-order valence-electron chi connectivity index (χ3n) is 2.46. The van der Waals surface area contributed by atoms with Crippen LogP contribution in [0, 0.1) is 0 Å². The van der Waals surface area contributed by atoms with Crippen molar-refractivity contribution >= 4 is 34.8 Å². The number of aromatic nitrogens is 2. The number of carbonyl (C=O) groups is 1. The Kier molecular flexibility index (Phi) is 4.43. The molecule has 0 aliphatic heterocycles. The van der Waals surface area contributed by atoms with Gasteiger partial charge in [-0.05, 0) is 18.2 Å². The molecule has 0 spiro atoms. The van der Waals surface area contributed by atoms with E-state index in [1.165, 1.54) is 23.2 Å². The summed E-state index contributed by atoms with van der Waals surface area (Å²) in [6, 6.07) is 4.00. The smallest absolute Gasteiger partial charge is 0.322 e. The summed E-state index contributed by atoms with van der Waals surface area (Å²) in [6.45, 7) is 0. The number of hydrogen-bond donors (Lipinski definition) is 2. The molecule has 1 aromatic carbocycles. The molecule has 1 aromatic heterocycles. The number of alkyl halides is 3. The van der Waals surface area contributed by atoms with Crippen molar-refractivity contribution in [2.24, 2.45) is 0 Å². The average molecular weight is 352 g/mol. The first kappa shape index (κ1) is 16.3. The van der Waals surface area contributed by atoms with Gasteiger partial charge in [0.2, 0.25) is 0 Å². The van der Waals surface area contributed by atoms with E-state index in [0.29, 0.717) is 6.20 Å². The number of H-pyrrole nitrogens is 1. The Hall–Kier alpha value is -2.06. The van der Waals surface area contributed by atoms with Crippen LogP contribution in [0.1, 0.15) is 16.1 Å². The molecule has 1 amide bonds. The van der Waals surface area contributed by atoms with Gasteiger partial charge in [-0.1, -0.05) is 23.2 Å². The fraction of sp³-hybridized carbons (Fsp3) is 0.0833. The Bertz CT molecular complexity index is 770. The summed E-state index contributed by atoms with van der Waals surface area (Å²) >= 11 is 11.5. The highest BCUT2D eigenvalue weighted by Gasteiger charge is 2.37. The molecule has 116 valence electrons. The highest BCUT2D eigenvalue weighted by molar-refractivity contribution is 6.35. The molecule has 0 atom stereocenters. The zero-order valence-electron chi connectivity index (χ0n) is 10.5. The molecule has 0 saturated carbocycles. The lowest BCUT2D eigenvalue weighted by atomic mass is 10.2. The van der Waals surface area contributed by atoms with E-state index in [1.54, 1.807) is 0 Å². The van der Waals surface area contributed by atoms with Crippen molar-refractivity contribution in [2.45, 2.75) is 6.18 Å². The summed E-state index contributed by atoms with van der Waals surface area (Å²) in [7, 11) is 0. The molecule has 1 heterocycles. The fourth-order valence-corrected chi connectivity index (χ4v) is 2.14. The second kappa shape index (κ2) is 5.98. The summed E-state index contributed by atoms with van der Waals surface area (Å²) in [5.74, 6) is -1.12. The Balaban J connectivity index is 2.40. The number of nitrogens with one attached hydrogen (secondary N) is 2. The molecule has 2 rings (SSSR count). The fourth-order valence-electron chi connectivity index (χ4n) is 1.61. The number of aromatic amines is 1. The summed E-state index contributed by atoms with van der Waals surface area (Å²) < 4.78 is 38.5. The van der Waals surface area contributed by atoms with Gasteiger partial charge in [-0.3, -0.25) is 4.79 Å². The van der Waals surface area contributed by atoms with Gasteiger partial charge in [0.05, 0.1) is 5.56 Å².